The average Bonchev–Trinajstić information content (AvgIpc) is 3.24. The summed E-state index contributed by atoms with van der Waals surface area (Å²) >= 11 is 0. The Balaban J connectivity index is 1.56. The molecule has 0 spiro atoms. The van der Waals surface area contributed by atoms with Crippen molar-refractivity contribution in [3.05, 3.63) is 65.5 Å². The largest absolute Gasteiger partial charge is 0.489 e. The fourth-order valence-corrected chi connectivity index (χ4v) is 4.23. The van der Waals surface area contributed by atoms with Gasteiger partial charge in [-0.1, -0.05) is 12.5 Å². The van der Waals surface area contributed by atoms with Crippen molar-refractivity contribution in [2.45, 2.75) is 38.3 Å². The minimum atomic E-state index is -0.603. The maximum atomic E-state index is 12.4. The number of aromatic nitrogens is 2. The van der Waals surface area contributed by atoms with Crippen molar-refractivity contribution in [1.29, 1.82) is 0 Å². The van der Waals surface area contributed by atoms with Crippen molar-refractivity contribution in [1.82, 2.24) is 20.0 Å². The van der Waals surface area contributed by atoms with E-state index in [0.29, 0.717) is 23.5 Å². The van der Waals surface area contributed by atoms with E-state index >= 15 is 0 Å². The Bertz CT molecular complexity index is 1110. The molecule has 1 aliphatic rings. The first-order valence-electron chi connectivity index (χ1n) is 10.7. The second-order valence-corrected chi connectivity index (χ2v) is 7.96. The van der Waals surface area contributed by atoms with Gasteiger partial charge in [-0.3, -0.25) is 19.7 Å². The first-order valence-corrected chi connectivity index (χ1v) is 10.7. The predicted octanol–water partition coefficient (Wildman–Crippen LogP) is 1.91. The molecule has 1 aliphatic heterocycles. The van der Waals surface area contributed by atoms with E-state index in [1.54, 1.807) is 34.4 Å². The van der Waals surface area contributed by atoms with Gasteiger partial charge in [0.05, 0.1) is 17.8 Å². The summed E-state index contributed by atoms with van der Waals surface area (Å²) < 4.78 is 7.75. The van der Waals surface area contributed by atoms with Crippen LogP contribution in [0, 0.1) is 0 Å². The predicted molar refractivity (Wildman–Crippen MR) is 117 cm³/mol. The number of amides is 2. The van der Waals surface area contributed by atoms with E-state index in [0.717, 1.165) is 43.4 Å². The number of primary amides is 1. The molecule has 3 aromatic rings. The standard InChI is InChI=1S/C23H27N5O4/c24-22(29)19-8-7-18(32-15-17-14-25-28-11-5-2-6-20(17)28)12-16(19)13-21(23(30)26-31)27-9-3-1-4-10-27/h2,5-8,11-12,14,21,31H,1,3-4,9-10,13,15H2,(H2,24,29)(H,26,30)/t21-/m0/s1. The first kappa shape index (κ1) is 21.8. The summed E-state index contributed by atoms with van der Waals surface area (Å²) in [6, 6.07) is 10.3. The fourth-order valence-electron chi connectivity index (χ4n) is 4.23. The summed E-state index contributed by atoms with van der Waals surface area (Å²) in [5.41, 5.74) is 10.2. The zero-order valence-corrected chi connectivity index (χ0v) is 17.7. The number of nitrogens with two attached hydrogens (primary N) is 1. The van der Waals surface area contributed by atoms with Crippen LogP contribution in [0.15, 0.2) is 48.8 Å². The minimum absolute atomic E-state index is 0.235. The molecule has 3 heterocycles. The van der Waals surface area contributed by atoms with Crippen LogP contribution in [0.25, 0.3) is 5.52 Å². The van der Waals surface area contributed by atoms with Gasteiger partial charge in [-0.25, -0.2) is 10.00 Å². The highest BCUT2D eigenvalue weighted by molar-refractivity contribution is 5.95. The molecule has 1 saturated heterocycles. The number of fused-ring (bicyclic) bond motifs is 1. The molecule has 9 nitrogen and oxygen atoms in total. The highest BCUT2D eigenvalue weighted by atomic mass is 16.5. The Morgan fingerprint density at radius 1 is 1.16 bits per heavy atom. The number of pyridine rings is 1. The van der Waals surface area contributed by atoms with Crippen LogP contribution in [0.5, 0.6) is 5.75 Å². The van der Waals surface area contributed by atoms with E-state index in [9.17, 15) is 14.8 Å². The van der Waals surface area contributed by atoms with Crippen molar-refractivity contribution >= 4 is 17.3 Å². The Hall–Kier alpha value is -3.43. The van der Waals surface area contributed by atoms with Crippen LogP contribution in [0.1, 0.15) is 40.7 Å². The van der Waals surface area contributed by atoms with Gasteiger partial charge < -0.3 is 10.5 Å². The van der Waals surface area contributed by atoms with E-state index in [1.807, 2.05) is 29.3 Å². The van der Waals surface area contributed by atoms with Gasteiger partial charge in [0.1, 0.15) is 12.4 Å². The molecule has 1 fully saturated rings. The molecule has 2 amide bonds. The summed E-state index contributed by atoms with van der Waals surface area (Å²) in [6.07, 6.45) is 6.95. The number of rotatable bonds is 8. The molecule has 2 aromatic heterocycles. The van der Waals surface area contributed by atoms with E-state index in [4.69, 9.17) is 10.5 Å². The maximum Gasteiger partial charge on any atom is 0.261 e. The van der Waals surface area contributed by atoms with Crippen molar-refractivity contribution < 1.29 is 19.5 Å². The van der Waals surface area contributed by atoms with Gasteiger partial charge in [0.25, 0.3) is 5.91 Å². The lowest BCUT2D eigenvalue weighted by Crippen LogP contribution is -2.49. The molecule has 0 unspecified atom stereocenters. The number of piperidine rings is 1. The summed E-state index contributed by atoms with van der Waals surface area (Å²) in [5, 5.41) is 13.6. The molecule has 1 atom stereocenters. The van der Waals surface area contributed by atoms with Crippen LogP contribution in [0.4, 0.5) is 0 Å². The Kier molecular flexibility index (Phi) is 6.67. The van der Waals surface area contributed by atoms with Crippen LogP contribution >= 0.6 is 0 Å². The number of hydrogen-bond donors (Lipinski definition) is 3. The zero-order chi connectivity index (χ0) is 22.5. The van der Waals surface area contributed by atoms with E-state index in [-0.39, 0.29) is 6.42 Å². The van der Waals surface area contributed by atoms with Crippen molar-refractivity contribution in [3.63, 3.8) is 0 Å². The maximum absolute atomic E-state index is 12.4. The molecule has 0 bridgehead atoms. The number of benzene rings is 1. The van der Waals surface area contributed by atoms with Crippen LogP contribution in [-0.2, 0) is 17.8 Å². The molecule has 0 aliphatic carbocycles. The molecule has 0 saturated carbocycles. The highest BCUT2D eigenvalue weighted by Crippen LogP contribution is 2.24. The van der Waals surface area contributed by atoms with Gasteiger partial charge in [-0.15, -0.1) is 0 Å². The second-order valence-electron chi connectivity index (χ2n) is 7.96. The lowest BCUT2D eigenvalue weighted by atomic mass is 9.96. The summed E-state index contributed by atoms with van der Waals surface area (Å²) in [4.78, 5) is 26.5. The van der Waals surface area contributed by atoms with E-state index < -0.39 is 17.9 Å². The lowest BCUT2D eigenvalue weighted by Gasteiger charge is -2.33. The van der Waals surface area contributed by atoms with Crippen molar-refractivity contribution in [2.75, 3.05) is 13.1 Å². The number of carbonyl (C=O) groups is 2. The third-order valence-corrected chi connectivity index (χ3v) is 5.90. The molecule has 4 N–H and O–H groups in total. The van der Waals surface area contributed by atoms with Gasteiger partial charge >= 0.3 is 0 Å². The van der Waals surface area contributed by atoms with Gasteiger partial charge in [0, 0.05) is 17.3 Å². The van der Waals surface area contributed by atoms with Crippen LogP contribution < -0.4 is 16.0 Å². The smallest absolute Gasteiger partial charge is 0.261 e. The Morgan fingerprint density at radius 2 is 1.97 bits per heavy atom. The second kappa shape index (κ2) is 9.80. The number of carbonyl (C=O) groups excluding carboxylic acids is 2. The SMILES string of the molecule is NC(=O)c1ccc(OCc2cnn3ccccc23)cc1C[C@@H](C(=O)NO)N1CCCCC1. The quantitative estimate of drug-likeness (QED) is 0.366. The Labute approximate surface area is 185 Å². The number of nitrogens with zero attached hydrogens (tertiary/aromatic N) is 3. The molecule has 4 rings (SSSR count). The number of hydrogen-bond acceptors (Lipinski definition) is 6. The topological polar surface area (TPSA) is 122 Å². The fraction of sp³-hybridized carbons (Fsp3) is 0.348. The Morgan fingerprint density at radius 3 is 2.72 bits per heavy atom. The molecular formula is C23H27N5O4. The van der Waals surface area contributed by atoms with E-state index in [2.05, 4.69) is 5.10 Å². The first-order chi connectivity index (χ1) is 15.6. The monoisotopic (exact) mass is 437 g/mol. The molecule has 168 valence electrons. The molecular weight excluding hydrogens is 410 g/mol. The summed E-state index contributed by atoms with van der Waals surface area (Å²) in [6.45, 7) is 1.82. The van der Waals surface area contributed by atoms with Crippen molar-refractivity contribution in [3.8, 4) is 5.75 Å². The molecule has 0 radical (unpaired) electrons. The lowest BCUT2D eigenvalue weighted by molar-refractivity contribution is -0.135. The van der Waals surface area contributed by atoms with Gasteiger partial charge in [-0.05, 0) is 68.2 Å². The van der Waals surface area contributed by atoms with Gasteiger partial charge in [0.15, 0.2) is 0 Å². The number of hydroxylamine groups is 1. The summed E-state index contributed by atoms with van der Waals surface area (Å²) in [5.74, 6) is -0.516. The van der Waals surface area contributed by atoms with Gasteiger partial charge in [0.2, 0.25) is 5.91 Å². The van der Waals surface area contributed by atoms with Gasteiger partial charge in [-0.2, -0.15) is 5.10 Å². The van der Waals surface area contributed by atoms with Crippen molar-refractivity contribution in [2.24, 2.45) is 5.73 Å². The zero-order valence-electron chi connectivity index (χ0n) is 17.7. The average molecular weight is 438 g/mol. The normalized spacial score (nSPS) is 15.4. The number of likely N-dealkylation sites (tertiary alicyclic amines) is 1. The van der Waals surface area contributed by atoms with Crippen LogP contribution in [0.3, 0.4) is 0 Å². The third-order valence-electron chi connectivity index (χ3n) is 5.90. The highest BCUT2D eigenvalue weighted by Gasteiger charge is 2.28. The number of nitrogens with one attached hydrogen (secondary N) is 1. The minimum Gasteiger partial charge on any atom is -0.489 e. The van der Waals surface area contributed by atoms with Crippen LogP contribution in [0.2, 0.25) is 0 Å². The molecule has 1 aromatic carbocycles. The summed E-state index contributed by atoms with van der Waals surface area (Å²) in [7, 11) is 0. The molecule has 32 heavy (non-hydrogen) atoms. The third kappa shape index (κ3) is 4.74. The van der Waals surface area contributed by atoms with Crippen LogP contribution in [-0.4, -0.2) is 50.7 Å². The number of ether oxygens (including phenoxy) is 1. The van der Waals surface area contributed by atoms with E-state index in [1.165, 1.54) is 0 Å². The molecule has 9 heteroatoms.